The number of aliphatic hydroxyl groups is 1. The standard InChI is InChI=1S/C8H12N2O3S2/c9-6-3-8(14-5-6)15(12,13)10-2-1-7(11)4-10/h3,5,7,11H,1-2,4,9H2/t7-/m1/s1. The zero-order chi connectivity index (χ0) is 11.1. The molecule has 1 aromatic rings. The molecule has 0 unspecified atom stereocenters. The van der Waals surface area contributed by atoms with Crippen LogP contribution in [0.5, 0.6) is 0 Å². The third kappa shape index (κ3) is 2.00. The maximum Gasteiger partial charge on any atom is 0.252 e. The van der Waals surface area contributed by atoms with Crippen molar-refractivity contribution in [3.8, 4) is 0 Å². The lowest BCUT2D eigenvalue weighted by Crippen LogP contribution is -2.29. The Kier molecular flexibility index (Phi) is 2.72. The van der Waals surface area contributed by atoms with Gasteiger partial charge in [0.2, 0.25) is 0 Å². The fraction of sp³-hybridized carbons (Fsp3) is 0.500. The van der Waals surface area contributed by atoms with Gasteiger partial charge in [0.05, 0.1) is 6.10 Å². The van der Waals surface area contributed by atoms with Crippen LogP contribution in [0.4, 0.5) is 5.69 Å². The van der Waals surface area contributed by atoms with Crippen LogP contribution >= 0.6 is 11.3 Å². The summed E-state index contributed by atoms with van der Waals surface area (Å²) in [6.07, 6.45) is -0.0443. The fourth-order valence-corrected chi connectivity index (χ4v) is 4.25. The molecule has 1 fully saturated rings. The minimum absolute atomic E-state index is 0.181. The van der Waals surface area contributed by atoms with Gasteiger partial charge < -0.3 is 10.8 Å². The number of nitrogen functional groups attached to an aromatic ring is 1. The predicted octanol–water partition coefficient (Wildman–Crippen LogP) is 0.0856. The molecular formula is C8H12N2O3S2. The average molecular weight is 248 g/mol. The Labute approximate surface area is 92.2 Å². The predicted molar refractivity (Wildman–Crippen MR) is 58.1 cm³/mol. The van der Waals surface area contributed by atoms with E-state index < -0.39 is 16.1 Å². The first kappa shape index (κ1) is 10.9. The highest BCUT2D eigenvalue weighted by atomic mass is 32.2. The van der Waals surface area contributed by atoms with Crippen molar-refractivity contribution >= 4 is 27.0 Å². The van der Waals surface area contributed by atoms with Crippen molar-refractivity contribution in [2.75, 3.05) is 18.8 Å². The van der Waals surface area contributed by atoms with Gasteiger partial charge in [0.1, 0.15) is 4.21 Å². The number of nitrogens with two attached hydrogens (primary N) is 1. The molecule has 0 bridgehead atoms. The van der Waals surface area contributed by atoms with Crippen molar-refractivity contribution in [2.45, 2.75) is 16.7 Å². The second-order valence-corrected chi connectivity index (χ2v) is 6.58. The van der Waals surface area contributed by atoms with Crippen LogP contribution in [0, 0.1) is 0 Å². The molecule has 15 heavy (non-hydrogen) atoms. The highest BCUT2D eigenvalue weighted by Gasteiger charge is 2.32. The van der Waals surface area contributed by atoms with Gasteiger partial charge in [0.25, 0.3) is 10.0 Å². The van der Waals surface area contributed by atoms with E-state index in [0.717, 1.165) is 11.3 Å². The van der Waals surface area contributed by atoms with Crippen LogP contribution in [0.25, 0.3) is 0 Å². The topological polar surface area (TPSA) is 83.6 Å². The van der Waals surface area contributed by atoms with Crippen molar-refractivity contribution in [3.63, 3.8) is 0 Å². The molecule has 1 aliphatic rings. The van der Waals surface area contributed by atoms with Gasteiger partial charge in [-0.25, -0.2) is 8.42 Å². The number of nitrogens with zero attached hydrogens (tertiary/aromatic N) is 1. The number of sulfonamides is 1. The van der Waals surface area contributed by atoms with E-state index in [-0.39, 0.29) is 10.8 Å². The van der Waals surface area contributed by atoms with E-state index in [1.807, 2.05) is 0 Å². The molecule has 0 aromatic carbocycles. The summed E-state index contributed by atoms with van der Waals surface area (Å²) >= 11 is 1.11. The van der Waals surface area contributed by atoms with E-state index in [0.29, 0.717) is 18.7 Å². The van der Waals surface area contributed by atoms with Gasteiger partial charge >= 0.3 is 0 Å². The quantitative estimate of drug-likeness (QED) is 0.776. The molecular weight excluding hydrogens is 236 g/mol. The summed E-state index contributed by atoms with van der Waals surface area (Å²) in [5.41, 5.74) is 5.94. The normalized spacial score (nSPS) is 23.4. The van der Waals surface area contributed by atoms with Gasteiger partial charge in [-0.2, -0.15) is 4.31 Å². The zero-order valence-corrected chi connectivity index (χ0v) is 9.59. The zero-order valence-electron chi connectivity index (χ0n) is 7.96. The van der Waals surface area contributed by atoms with Crippen LogP contribution in [-0.2, 0) is 10.0 Å². The lowest BCUT2D eigenvalue weighted by atomic mass is 10.3. The fourth-order valence-electron chi connectivity index (χ4n) is 1.52. The number of β-amino-alcohol motifs (C(OH)–C–C–N with tert-alkyl or cyclic N) is 1. The number of hydrogen-bond donors (Lipinski definition) is 2. The summed E-state index contributed by atoms with van der Waals surface area (Å²) in [6.45, 7) is 0.557. The second-order valence-electron chi connectivity index (χ2n) is 3.50. The van der Waals surface area contributed by atoms with Gasteiger partial charge in [-0.15, -0.1) is 11.3 Å². The molecule has 0 aliphatic carbocycles. The van der Waals surface area contributed by atoms with Crippen LogP contribution in [0.15, 0.2) is 15.7 Å². The average Bonchev–Trinajstić information content (AvgIpc) is 2.74. The number of aliphatic hydroxyl groups excluding tert-OH is 1. The molecule has 0 radical (unpaired) electrons. The minimum atomic E-state index is -3.44. The highest BCUT2D eigenvalue weighted by molar-refractivity contribution is 7.91. The summed E-state index contributed by atoms with van der Waals surface area (Å²) in [5, 5.41) is 10.9. The van der Waals surface area contributed by atoms with E-state index in [1.165, 1.54) is 10.4 Å². The molecule has 0 amide bonds. The van der Waals surface area contributed by atoms with Crippen molar-refractivity contribution in [2.24, 2.45) is 0 Å². The highest BCUT2D eigenvalue weighted by Crippen LogP contribution is 2.27. The second kappa shape index (κ2) is 3.75. The van der Waals surface area contributed by atoms with Crippen LogP contribution in [0.1, 0.15) is 6.42 Å². The monoisotopic (exact) mass is 248 g/mol. The van der Waals surface area contributed by atoms with Gasteiger partial charge in [-0.1, -0.05) is 0 Å². The molecule has 1 aromatic heterocycles. The molecule has 1 saturated heterocycles. The third-order valence-corrected chi connectivity index (χ3v) is 5.61. The molecule has 2 rings (SSSR count). The first-order valence-corrected chi connectivity index (χ1v) is 6.84. The summed E-state index contributed by atoms with van der Waals surface area (Å²) in [4.78, 5) is 0. The van der Waals surface area contributed by atoms with E-state index in [4.69, 9.17) is 5.73 Å². The Morgan fingerprint density at radius 2 is 2.33 bits per heavy atom. The van der Waals surface area contributed by atoms with Gasteiger partial charge in [0, 0.05) is 24.2 Å². The molecule has 1 aliphatic heterocycles. The molecule has 1 atom stereocenters. The molecule has 5 nitrogen and oxygen atoms in total. The number of anilines is 1. The Balaban J connectivity index is 2.27. The third-order valence-electron chi connectivity index (χ3n) is 2.32. The van der Waals surface area contributed by atoms with Gasteiger partial charge in [-0.3, -0.25) is 0 Å². The maximum absolute atomic E-state index is 12.0. The van der Waals surface area contributed by atoms with E-state index in [9.17, 15) is 13.5 Å². The van der Waals surface area contributed by atoms with E-state index >= 15 is 0 Å². The minimum Gasteiger partial charge on any atom is -0.398 e. The number of thiophene rings is 1. The van der Waals surface area contributed by atoms with Crippen molar-refractivity contribution in [3.05, 3.63) is 11.4 Å². The Hall–Kier alpha value is -0.630. The van der Waals surface area contributed by atoms with E-state index in [1.54, 1.807) is 5.38 Å². The first-order chi connectivity index (χ1) is 7.00. The van der Waals surface area contributed by atoms with Crippen LogP contribution < -0.4 is 5.73 Å². The Morgan fingerprint density at radius 3 is 2.80 bits per heavy atom. The first-order valence-electron chi connectivity index (χ1n) is 4.52. The molecule has 2 heterocycles. The van der Waals surface area contributed by atoms with Crippen LogP contribution in [0.3, 0.4) is 0 Å². The van der Waals surface area contributed by atoms with Crippen LogP contribution in [-0.4, -0.2) is 37.0 Å². The summed E-state index contributed by atoms with van der Waals surface area (Å²) in [5.74, 6) is 0. The van der Waals surface area contributed by atoms with Gasteiger partial charge in [0.15, 0.2) is 0 Å². The Bertz CT molecular complexity index is 454. The lowest BCUT2D eigenvalue weighted by molar-refractivity contribution is 0.189. The molecule has 84 valence electrons. The number of hydrogen-bond acceptors (Lipinski definition) is 5. The molecule has 7 heteroatoms. The van der Waals surface area contributed by atoms with Crippen molar-refractivity contribution < 1.29 is 13.5 Å². The van der Waals surface area contributed by atoms with E-state index in [2.05, 4.69) is 0 Å². The van der Waals surface area contributed by atoms with Crippen molar-refractivity contribution in [1.29, 1.82) is 0 Å². The van der Waals surface area contributed by atoms with Crippen LogP contribution in [0.2, 0.25) is 0 Å². The smallest absolute Gasteiger partial charge is 0.252 e. The van der Waals surface area contributed by atoms with Gasteiger partial charge in [-0.05, 0) is 12.5 Å². The lowest BCUT2D eigenvalue weighted by Gasteiger charge is -2.13. The summed E-state index contributed by atoms with van der Waals surface area (Å²) in [6, 6.07) is 1.45. The Morgan fingerprint density at radius 1 is 1.60 bits per heavy atom. The SMILES string of the molecule is Nc1csc(S(=O)(=O)N2CC[C@@H](O)C2)c1. The maximum atomic E-state index is 12.0. The summed E-state index contributed by atoms with van der Waals surface area (Å²) < 4.78 is 25.5. The largest absolute Gasteiger partial charge is 0.398 e. The van der Waals surface area contributed by atoms with Crippen molar-refractivity contribution in [1.82, 2.24) is 4.31 Å². The number of rotatable bonds is 2. The molecule has 3 N–H and O–H groups in total. The molecule has 0 saturated carbocycles. The summed E-state index contributed by atoms with van der Waals surface area (Å²) in [7, 11) is -3.44. The molecule has 0 spiro atoms.